The molecule has 4 nitrogen and oxygen atoms in total. The van der Waals surface area contributed by atoms with Crippen LogP contribution in [0.25, 0.3) is 0 Å². The maximum absolute atomic E-state index is 13.2. The van der Waals surface area contributed by atoms with Crippen LogP contribution >= 0.6 is 0 Å². The summed E-state index contributed by atoms with van der Waals surface area (Å²) in [6.07, 6.45) is -0.240. The van der Waals surface area contributed by atoms with Crippen LogP contribution < -0.4 is 0 Å². The Bertz CT molecular complexity index is 872. The van der Waals surface area contributed by atoms with Gasteiger partial charge in [-0.1, -0.05) is 54.1 Å². The Morgan fingerprint density at radius 3 is 2.38 bits per heavy atom. The van der Waals surface area contributed by atoms with E-state index < -0.39 is 15.6 Å². The smallest absolute Gasteiger partial charge is 0.218 e. The summed E-state index contributed by atoms with van der Waals surface area (Å²) in [6.45, 7) is 8.54. The average Bonchev–Trinajstić information content (AvgIpc) is 2.57. The predicted octanol–water partition coefficient (Wildman–Crippen LogP) is 3.99. The van der Waals surface area contributed by atoms with Gasteiger partial charge in [0.15, 0.2) is 0 Å². The summed E-state index contributed by atoms with van der Waals surface area (Å²) in [7, 11) is -3.46. The van der Waals surface area contributed by atoms with Crippen molar-refractivity contribution in [1.82, 2.24) is 4.31 Å². The average molecular weight is 374 g/mol. The summed E-state index contributed by atoms with van der Waals surface area (Å²) in [5, 5.41) is 0. The number of hydrogen-bond acceptors (Lipinski definition) is 3. The van der Waals surface area contributed by atoms with Crippen molar-refractivity contribution >= 4 is 10.0 Å². The highest BCUT2D eigenvalue weighted by Crippen LogP contribution is 2.33. The van der Waals surface area contributed by atoms with Gasteiger partial charge in [0.25, 0.3) is 0 Å². The third-order valence-electron chi connectivity index (χ3n) is 5.03. The van der Waals surface area contributed by atoms with Gasteiger partial charge in [-0.25, -0.2) is 8.42 Å². The third-order valence-corrected chi connectivity index (χ3v) is 7.02. The summed E-state index contributed by atoms with van der Waals surface area (Å²) < 4.78 is 34.1. The van der Waals surface area contributed by atoms with E-state index in [2.05, 4.69) is 0 Å². The molecular weight excluding hydrogens is 346 g/mol. The molecule has 1 aliphatic heterocycles. The number of hydrogen-bond donors (Lipinski definition) is 0. The molecule has 0 aliphatic carbocycles. The molecule has 0 spiro atoms. The first kappa shape index (κ1) is 19.1. The molecule has 1 aliphatic rings. The standard InChI is InChI=1S/C21H27NO3S/c1-16-9-11-18(12-10-16)20-13-22(21(3,4)15-25-20)26(23,24)14-19-8-6-5-7-17(19)2/h5-12,20H,13-15H2,1-4H3. The van der Waals surface area contributed by atoms with Gasteiger partial charge in [-0.15, -0.1) is 0 Å². The van der Waals surface area contributed by atoms with Crippen LogP contribution in [-0.4, -0.2) is 31.4 Å². The summed E-state index contributed by atoms with van der Waals surface area (Å²) in [5.74, 6) is 0.0176. The first-order valence-corrected chi connectivity index (χ1v) is 10.5. The Balaban J connectivity index is 1.87. The van der Waals surface area contributed by atoms with Gasteiger partial charge in [0.2, 0.25) is 10.0 Å². The van der Waals surface area contributed by atoms with Crippen molar-refractivity contribution in [2.45, 2.75) is 45.1 Å². The number of sulfonamides is 1. The highest BCUT2D eigenvalue weighted by Gasteiger charge is 2.42. The maximum atomic E-state index is 13.2. The minimum Gasteiger partial charge on any atom is -0.370 e. The molecule has 0 amide bonds. The van der Waals surface area contributed by atoms with E-state index in [4.69, 9.17) is 4.74 Å². The molecule has 1 heterocycles. The lowest BCUT2D eigenvalue weighted by atomic mass is 10.0. The summed E-state index contributed by atoms with van der Waals surface area (Å²) in [5.41, 5.74) is 3.47. The molecule has 140 valence electrons. The van der Waals surface area contributed by atoms with Gasteiger partial charge in [-0.05, 0) is 44.4 Å². The normalized spacial score (nSPS) is 20.8. The van der Waals surface area contributed by atoms with Crippen molar-refractivity contribution in [3.05, 3.63) is 70.8 Å². The van der Waals surface area contributed by atoms with E-state index in [-0.39, 0.29) is 11.9 Å². The van der Waals surface area contributed by atoms with Crippen LogP contribution in [0.2, 0.25) is 0 Å². The molecule has 3 rings (SSSR count). The SMILES string of the molecule is Cc1ccc(C2CN(S(=O)(=O)Cc3ccccc3C)C(C)(C)CO2)cc1. The van der Waals surface area contributed by atoms with Crippen LogP contribution in [0.4, 0.5) is 0 Å². The number of rotatable bonds is 4. The minimum atomic E-state index is -3.46. The van der Waals surface area contributed by atoms with Crippen LogP contribution in [0.3, 0.4) is 0 Å². The topological polar surface area (TPSA) is 46.6 Å². The zero-order valence-corrected chi connectivity index (χ0v) is 16.7. The molecule has 0 aromatic heterocycles. The van der Waals surface area contributed by atoms with E-state index in [0.29, 0.717) is 13.2 Å². The zero-order chi connectivity index (χ0) is 18.9. The minimum absolute atomic E-state index is 0.0176. The number of nitrogens with zero attached hydrogens (tertiary/aromatic N) is 1. The molecule has 5 heteroatoms. The Kier molecular flexibility index (Phi) is 5.24. The van der Waals surface area contributed by atoms with Crippen LogP contribution in [0, 0.1) is 13.8 Å². The second-order valence-corrected chi connectivity index (χ2v) is 9.63. The van der Waals surface area contributed by atoms with Crippen molar-refractivity contribution in [3.8, 4) is 0 Å². The Hall–Kier alpha value is -1.69. The van der Waals surface area contributed by atoms with E-state index in [1.54, 1.807) is 4.31 Å². The van der Waals surface area contributed by atoms with Gasteiger partial charge in [0, 0.05) is 6.54 Å². The molecule has 0 N–H and O–H groups in total. The van der Waals surface area contributed by atoms with E-state index in [1.165, 1.54) is 5.56 Å². The van der Waals surface area contributed by atoms with Gasteiger partial charge in [0.05, 0.1) is 24.0 Å². The molecule has 26 heavy (non-hydrogen) atoms. The van der Waals surface area contributed by atoms with Gasteiger partial charge in [-0.3, -0.25) is 0 Å². The Morgan fingerprint density at radius 2 is 1.73 bits per heavy atom. The number of benzene rings is 2. The van der Waals surface area contributed by atoms with Crippen LogP contribution in [0.5, 0.6) is 0 Å². The lowest BCUT2D eigenvalue weighted by Crippen LogP contribution is -2.56. The number of aryl methyl sites for hydroxylation is 2. The van der Waals surface area contributed by atoms with Crippen molar-refractivity contribution < 1.29 is 13.2 Å². The molecule has 0 radical (unpaired) electrons. The largest absolute Gasteiger partial charge is 0.370 e. The Morgan fingerprint density at radius 1 is 1.08 bits per heavy atom. The van der Waals surface area contributed by atoms with Gasteiger partial charge in [0.1, 0.15) is 0 Å². The van der Waals surface area contributed by atoms with E-state index in [1.807, 2.05) is 76.2 Å². The second kappa shape index (κ2) is 7.14. The molecular formula is C21H27NO3S. The lowest BCUT2D eigenvalue weighted by Gasteiger charge is -2.44. The fourth-order valence-corrected chi connectivity index (χ4v) is 5.39. The first-order valence-electron chi connectivity index (χ1n) is 8.92. The van der Waals surface area contributed by atoms with Crippen molar-refractivity contribution in [2.75, 3.05) is 13.2 Å². The molecule has 1 saturated heterocycles. The molecule has 1 fully saturated rings. The summed E-state index contributed by atoms with van der Waals surface area (Å²) in [6, 6.07) is 15.8. The molecule has 0 bridgehead atoms. The molecule has 2 aromatic carbocycles. The van der Waals surface area contributed by atoms with Gasteiger partial charge >= 0.3 is 0 Å². The second-order valence-electron chi connectivity index (χ2n) is 7.74. The van der Waals surface area contributed by atoms with Crippen molar-refractivity contribution in [3.63, 3.8) is 0 Å². The fourth-order valence-electron chi connectivity index (χ4n) is 3.35. The highest BCUT2D eigenvalue weighted by molar-refractivity contribution is 7.88. The third kappa shape index (κ3) is 4.00. The molecule has 1 unspecified atom stereocenters. The molecule has 1 atom stereocenters. The quantitative estimate of drug-likeness (QED) is 0.814. The lowest BCUT2D eigenvalue weighted by molar-refractivity contribution is -0.0655. The number of ether oxygens (including phenoxy) is 1. The fraction of sp³-hybridized carbons (Fsp3) is 0.429. The predicted molar refractivity (Wildman–Crippen MR) is 104 cm³/mol. The van der Waals surface area contributed by atoms with Crippen molar-refractivity contribution in [2.24, 2.45) is 0 Å². The van der Waals surface area contributed by atoms with E-state index in [9.17, 15) is 8.42 Å². The molecule has 0 saturated carbocycles. The van der Waals surface area contributed by atoms with Gasteiger partial charge in [-0.2, -0.15) is 4.31 Å². The van der Waals surface area contributed by atoms with Gasteiger partial charge < -0.3 is 4.74 Å². The number of morpholine rings is 1. The van der Waals surface area contributed by atoms with E-state index >= 15 is 0 Å². The van der Waals surface area contributed by atoms with Crippen LogP contribution in [-0.2, 0) is 20.5 Å². The molecule has 2 aromatic rings. The summed E-state index contributed by atoms with van der Waals surface area (Å²) >= 11 is 0. The maximum Gasteiger partial charge on any atom is 0.218 e. The van der Waals surface area contributed by atoms with Crippen LogP contribution in [0.1, 0.15) is 42.2 Å². The zero-order valence-electron chi connectivity index (χ0n) is 15.9. The monoisotopic (exact) mass is 373 g/mol. The van der Waals surface area contributed by atoms with Crippen molar-refractivity contribution in [1.29, 1.82) is 0 Å². The van der Waals surface area contributed by atoms with Crippen LogP contribution in [0.15, 0.2) is 48.5 Å². The first-order chi connectivity index (χ1) is 12.2. The Labute approximate surface area is 156 Å². The highest BCUT2D eigenvalue weighted by atomic mass is 32.2. The summed E-state index contributed by atoms with van der Waals surface area (Å²) in [4.78, 5) is 0. The van der Waals surface area contributed by atoms with E-state index in [0.717, 1.165) is 16.7 Å².